The van der Waals surface area contributed by atoms with Crippen LogP contribution in [-0.4, -0.2) is 14.0 Å². The lowest BCUT2D eigenvalue weighted by atomic mass is 10.2. The second-order valence-corrected chi connectivity index (χ2v) is 6.44. The van der Waals surface area contributed by atoms with E-state index < -0.39 is 0 Å². The lowest BCUT2D eigenvalue weighted by Crippen LogP contribution is -2.31. The van der Waals surface area contributed by atoms with Gasteiger partial charge in [-0.15, -0.1) is 0 Å². The van der Waals surface area contributed by atoms with Gasteiger partial charge in [-0.3, -0.25) is 4.40 Å². The third-order valence-corrected chi connectivity index (χ3v) is 5.05. The Morgan fingerprint density at radius 1 is 0.920 bits per heavy atom. The second-order valence-electron chi connectivity index (χ2n) is 6.44. The number of rotatable bonds is 1. The molecule has 0 aliphatic carbocycles. The number of pyridine rings is 2. The van der Waals surface area contributed by atoms with Crippen molar-refractivity contribution < 1.29 is 4.57 Å². The molecule has 118 valence electrons. The Bertz CT molecular complexity index is 1260. The largest absolute Gasteiger partial charge is 0.315 e. The summed E-state index contributed by atoms with van der Waals surface area (Å²) in [5.41, 5.74) is 7.14. The maximum Gasteiger partial charge on any atom is 0.315 e. The monoisotopic (exact) mass is 323 g/mol. The van der Waals surface area contributed by atoms with Gasteiger partial charge < -0.3 is 0 Å². The molecular weight excluding hydrogens is 308 g/mol. The van der Waals surface area contributed by atoms with Crippen LogP contribution in [0.15, 0.2) is 79.1 Å². The van der Waals surface area contributed by atoms with Crippen molar-refractivity contribution >= 4 is 16.7 Å². The minimum atomic E-state index is 0.867. The van der Waals surface area contributed by atoms with E-state index >= 15 is 0 Å². The van der Waals surface area contributed by atoms with Crippen LogP contribution in [0.3, 0.4) is 0 Å². The zero-order chi connectivity index (χ0) is 16.4. The van der Waals surface area contributed by atoms with Crippen molar-refractivity contribution in [3.8, 4) is 17.2 Å². The Hall–Kier alpha value is -3.40. The van der Waals surface area contributed by atoms with Crippen LogP contribution >= 0.6 is 0 Å². The maximum absolute atomic E-state index is 4.69. The molecule has 0 N–H and O–H groups in total. The molecule has 4 aromatic heterocycles. The van der Waals surface area contributed by atoms with Crippen LogP contribution < -0.4 is 4.57 Å². The van der Waals surface area contributed by atoms with Gasteiger partial charge in [0.25, 0.3) is 5.65 Å². The Labute approximate surface area is 144 Å². The highest BCUT2D eigenvalue weighted by Gasteiger charge is 2.37. The highest BCUT2D eigenvalue weighted by atomic mass is 15.2. The number of nitrogens with zero attached hydrogens (tertiary/aromatic N) is 4. The predicted octanol–water partition coefficient (Wildman–Crippen LogP) is 3.59. The molecule has 0 amide bonds. The van der Waals surface area contributed by atoms with Crippen LogP contribution in [0.25, 0.3) is 33.9 Å². The van der Waals surface area contributed by atoms with Crippen molar-refractivity contribution in [2.75, 3.05) is 0 Å². The molecule has 0 spiro atoms. The second kappa shape index (κ2) is 4.57. The van der Waals surface area contributed by atoms with Crippen LogP contribution in [0.1, 0.15) is 5.56 Å². The first-order valence-electron chi connectivity index (χ1n) is 8.46. The summed E-state index contributed by atoms with van der Waals surface area (Å²) in [6.45, 7) is 0.867. The molecule has 4 nitrogen and oxygen atoms in total. The smallest absolute Gasteiger partial charge is 0.280 e. The molecule has 1 aliphatic heterocycles. The average molecular weight is 323 g/mol. The molecule has 5 aromatic rings. The molecule has 5 heterocycles. The first kappa shape index (κ1) is 13.0. The number of imidazole rings is 1. The van der Waals surface area contributed by atoms with E-state index in [9.17, 15) is 0 Å². The van der Waals surface area contributed by atoms with E-state index in [1.165, 1.54) is 22.2 Å². The van der Waals surface area contributed by atoms with Crippen LogP contribution in [0.5, 0.6) is 0 Å². The number of fused-ring (bicyclic) bond motifs is 7. The van der Waals surface area contributed by atoms with Crippen LogP contribution in [0.2, 0.25) is 0 Å². The number of hydrogen-bond acceptors (Lipinski definition) is 1. The number of benzene rings is 1. The molecule has 4 heteroatoms. The van der Waals surface area contributed by atoms with E-state index in [0.29, 0.717) is 0 Å². The fraction of sp³-hybridized carbons (Fsp3) is 0.0476. The molecule has 0 radical (unpaired) electrons. The van der Waals surface area contributed by atoms with Gasteiger partial charge in [0.15, 0.2) is 11.2 Å². The summed E-state index contributed by atoms with van der Waals surface area (Å²) in [6.07, 6.45) is 4.01. The minimum Gasteiger partial charge on any atom is -0.280 e. The third-order valence-electron chi connectivity index (χ3n) is 5.05. The van der Waals surface area contributed by atoms with Gasteiger partial charge in [-0.05, 0) is 30.3 Å². The standard InChI is InChI=1S/C21H15N4/c1-2-8-16(9-3-1)25-20-18(13-17-10-4-5-12-23(17)20)24-14-15-7-6-11-22-19(15)21(24)25/h1-13H,14H2/q+1. The fourth-order valence-corrected chi connectivity index (χ4v) is 4.00. The molecule has 25 heavy (non-hydrogen) atoms. The molecule has 0 unspecified atom stereocenters. The zero-order valence-electron chi connectivity index (χ0n) is 13.5. The Morgan fingerprint density at radius 2 is 1.80 bits per heavy atom. The van der Waals surface area contributed by atoms with E-state index in [1.807, 2.05) is 12.3 Å². The molecule has 0 fully saturated rings. The van der Waals surface area contributed by atoms with Crippen LogP contribution in [-0.2, 0) is 6.54 Å². The molecule has 0 bridgehead atoms. The molecular formula is C21H15N4+. The number of para-hydroxylation sites is 1. The average Bonchev–Trinajstić information content (AvgIpc) is 3.30. The normalized spacial score (nSPS) is 12.6. The maximum atomic E-state index is 4.69. The van der Waals surface area contributed by atoms with Gasteiger partial charge in [-0.1, -0.05) is 30.3 Å². The minimum absolute atomic E-state index is 0.867. The lowest BCUT2D eigenvalue weighted by Gasteiger charge is -2.02. The topological polar surface area (TPSA) is 26.1 Å². The molecule has 1 aromatic carbocycles. The van der Waals surface area contributed by atoms with Gasteiger partial charge in [-0.2, -0.15) is 4.57 Å². The first-order chi connectivity index (χ1) is 12.4. The van der Waals surface area contributed by atoms with Gasteiger partial charge >= 0.3 is 5.82 Å². The van der Waals surface area contributed by atoms with Gasteiger partial charge in [0, 0.05) is 24.0 Å². The lowest BCUT2D eigenvalue weighted by molar-refractivity contribution is -0.645. The SMILES string of the molecule is c1ccc(-n2c3[n+](c4cc5ccccn5c42)Cc2cccnc2-3)cc1. The fourth-order valence-electron chi connectivity index (χ4n) is 4.00. The molecule has 6 rings (SSSR count). The van der Waals surface area contributed by atoms with E-state index in [2.05, 4.69) is 80.4 Å². The Kier molecular flexibility index (Phi) is 2.37. The van der Waals surface area contributed by atoms with E-state index in [1.54, 1.807) is 0 Å². The first-order valence-corrected chi connectivity index (χ1v) is 8.46. The van der Waals surface area contributed by atoms with Crippen molar-refractivity contribution in [3.05, 3.63) is 84.7 Å². The van der Waals surface area contributed by atoms with E-state index in [4.69, 9.17) is 4.98 Å². The Balaban J connectivity index is 1.84. The number of aromatic nitrogens is 4. The van der Waals surface area contributed by atoms with Crippen LogP contribution in [0.4, 0.5) is 0 Å². The highest BCUT2D eigenvalue weighted by Crippen LogP contribution is 2.33. The van der Waals surface area contributed by atoms with Crippen molar-refractivity contribution in [1.29, 1.82) is 0 Å². The summed E-state index contributed by atoms with van der Waals surface area (Å²) in [6, 6.07) is 23.3. The van der Waals surface area contributed by atoms with Gasteiger partial charge in [0.1, 0.15) is 12.2 Å². The van der Waals surface area contributed by atoms with Gasteiger partial charge in [0.2, 0.25) is 0 Å². The quantitative estimate of drug-likeness (QED) is 0.425. The summed E-state index contributed by atoms with van der Waals surface area (Å²) in [7, 11) is 0. The zero-order valence-corrected chi connectivity index (χ0v) is 13.5. The van der Waals surface area contributed by atoms with E-state index in [0.717, 1.165) is 23.8 Å². The number of hydrogen-bond donors (Lipinski definition) is 0. The van der Waals surface area contributed by atoms with Crippen molar-refractivity contribution in [2.45, 2.75) is 6.54 Å². The summed E-state index contributed by atoms with van der Waals surface area (Å²) in [5, 5.41) is 0. The van der Waals surface area contributed by atoms with Gasteiger partial charge in [-0.25, -0.2) is 9.55 Å². The summed E-state index contributed by atoms with van der Waals surface area (Å²) < 4.78 is 6.98. The van der Waals surface area contributed by atoms with E-state index in [-0.39, 0.29) is 0 Å². The van der Waals surface area contributed by atoms with Gasteiger partial charge in [0.05, 0.1) is 5.52 Å². The summed E-state index contributed by atoms with van der Waals surface area (Å²) in [4.78, 5) is 4.69. The van der Waals surface area contributed by atoms with Crippen molar-refractivity contribution in [3.63, 3.8) is 0 Å². The van der Waals surface area contributed by atoms with Crippen molar-refractivity contribution in [2.24, 2.45) is 0 Å². The molecule has 1 aliphatic rings. The van der Waals surface area contributed by atoms with Crippen LogP contribution in [0, 0.1) is 0 Å². The molecule has 0 saturated carbocycles. The summed E-state index contributed by atoms with van der Waals surface area (Å²) in [5.74, 6) is 1.16. The summed E-state index contributed by atoms with van der Waals surface area (Å²) >= 11 is 0. The predicted molar refractivity (Wildman–Crippen MR) is 96.8 cm³/mol. The third kappa shape index (κ3) is 1.61. The molecule has 0 atom stereocenters. The Morgan fingerprint density at radius 3 is 2.72 bits per heavy atom. The van der Waals surface area contributed by atoms with Crippen molar-refractivity contribution in [1.82, 2.24) is 14.0 Å². The highest BCUT2D eigenvalue weighted by molar-refractivity contribution is 5.84. The molecule has 0 saturated heterocycles.